The molecule has 3 heteroatoms. The summed E-state index contributed by atoms with van der Waals surface area (Å²) in [4.78, 5) is 2.14. The molecule has 1 aliphatic heterocycles. The number of likely N-dealkylation sites (tertiary alicyclic amines) is 1. The molecule has 13 heavy (non-hydrogen) atoms. The lowest BCUT2D eigenvalue weighted by molar-refractivity contribution is 0.0223. The molecule has 0 saturated carbocycles. The Morgan fingerprint density at radius 1 is 1.62 bits per heavy atom. The van der Waals surface area contributed by atoms with Crippen molar-refractivity contribution in [2.24, 2.45) is 5.73 Å². The molecular weight excluding hydrogens is 164 g/mol. The molecule has 0 spiro atoms. The number of hydrogen-bond acceptors (Lipinski definition) is 3. The van der Waals surface area contributed by atoms with Crippen LogP contribution in [-0.2, 0) is 0 Å². The van der Waals surface area contributed by atoms with E-state index in [4.69, 9.17) is 5.73 Å². The number of hydrogen-bond donors (Lipinski definition) is 2. The topological polar surface area (TPSA) is 49.5 Å². The van der Waals surface area contributed by atoms with E-state index in [0.717, 1.165) is 38.8 Å². The van der Waals surface area contributed by atoms with E-state index in [0.29, 0.717) is 0 Å². The average molecular weight is 186 g/mol. The molecule has 1 aliphatic rings. The van der Waals surface area contributed by atoms with Gasteiger partial charge in [-0.15, -0.1) is 0 Å². The molecule has 78 valence electrons. The van der Waals surface area contributed by atoms with Crippen LogP contribution in [0.3, 0.4) is 0 Å². The van der Waals surface area contributed by atoms with E-state index in [1.165, 1.54) is 0 Å². The Labute approximate surface area is 80.9 Å². The molecule has 0 aromatic heterocycles. The van der Waals surface area contributed by atoms with Gasteiger partial charge in [0.2, 0.25) is 0 Å². The van der Waals surface area contributed by atoms with Crippen molar-refractivity contribution in [2.75, 3.05) is 20.1 Å². The van der Waals surface area contributed by atoms with E-state index in [9.17, 15) is 5.11 Å². The predicted octanol–water partition coefficient (Wildman–Crippen LogP) is 0.571. The molecule has 2 atom stereocenters. The molecule has 1 rings (SSSR count). The standard InChI is InChI=1S/C10H22N2O/c1-3-4-5-9(11)10(13)6-7-12(2)8-10/h9,13H,3-8,11H2,1-2H3. The molecule has 0 aliphatic carbocycles. The molecule has 3 N–H and O–H groups in total. The molecule has 1 fully saturated rings. The van der Waals surface area contributed by atoms with Gasteiger partial charge in [-0.05, 0) is 19.9 Å². The van der Waals surface area contributed by atoms with Crippen molar-refractivity contribution >= 4 is 0 Å². The summed E-state index contributed by atoms with van der Waals surface area (Å²) < 4.78 is 0. The summed E-state index contributed by atoms with van der Waals surface area (Å²) in [5.74, 6) is 0. The second-order valence-corrected chi connectivity index (χ2v) is 4.34. The Bertz CT molecular complexity index is 163. The molecular formula is C10H22N2O. The highest BCUT2D eigenvalue weighted by atomic mass is 16.3. The van der Waals surface area contributed by atoms with Crippen molar-refractivity contribution in [1.82, 2.24) is 4.90 Å². The first-order chi connectivity index (χ1) is 6.08. The van der Waals surface area contributed by atoms with Crippen molar-refractivity contribution in [1.29, 1.82) is 0 Å². The molecule has 1 heterocycles. The fourth-order valence-corrected chi connectivity index (χ4v) is 2.01. The van der Waals surface area contributed by atoms with E-state index in [1.807, 2.05) is 7.05 Å². The Morgan fingerprint density at radius 3 is 2.77 bits per heavy atom. The van der Waals surface area contributed by atoms with E-state index >= 15 is 0 Å². The van der Waals surface area contributed by atoms with Crippen molar-refractivity contribution in [3.05, 3.63) is 0 Å². The summed E-state index contributed by atoms with van der Waals surface area (Å²) in [5, 5.41) is 10.2. The normalized spacial score (nSPS) is 32.3. The van der Waals surface area contributed by atoms with Gasteiger partial charge in [0.25, 0.3) is 0 Å². The van der Waals surface area contributed by atoms with Crippen molar-refractivity contribution in [3.63, 3.8) is 0 Å². The second kappa shape index (κ2) is 4.40. The highest BCUT2D eigenvalue weighted by molar-refractivity contribution is 4.96. The zero-order valence-electron chi connectivity index (χ0n) is 8.79. The van der Waals surface area contributed by atoms with E-state index in [1.54, 1.807) is 0 Å². The molecule has 0 aromatic rings. The van der Waals surface area contributed by atoms with Crippen LogP contribution >= 0.6 is 0 Å². The van der Waals surface area contributed by atoms with Crippen molar-refractivity contribution in [2.45, 2.75) is 44.2 Å². The zero-order valence-corrected chi connectivity index (χ0v) is 8.79. The van der Waals surface area contributed by atoms with Gasteiger partial charge in [0, 0.05) is 19.1 Å². The number of nitrogens with zero attached hydrogens (tertiary/aromatic N) is 1. The molecule has 0 amide bonds. The lowest BCUT2D eigenvalue weighted by atomic mass is 9.90. The van der Waals surface area contributed by atoms with Crippen molar-refractivity contribution < 1.29 is 5.11 Å². The highest BCUT2D eigenvalue weighted by Crippen LogP contribution is 2.25. The maximum atomic E-state index is 10.2. The SMILES string of the molecule is CCCCC(N)C1(O)CCN(C)C1. The summed E-state index contributed by atoms with van der Waals surface area (Å²) in [6, 6.07) is -0.0441. The fourth-order valence-electron chi connectivity index (χ4n) is 2.01. The smallest absolute Gasteiger partial charge is 0.0935 e. The molecule has 1 saturated heterocycles. The summed E-state index contributed by atoms with van der Waals surface area (Å²) in [6.45, 7) is 3.85. The third kappa shape index (κ3) is 2.66. The monoisotopic (exact) mass is 186 g/mol. The summed E-state index contributed by atoms with van der Waals surface area (Å²) in [6.07, 6.45) is 4.04. The summed E-state index contributed by atoms with van der Waals surface area (Å²) >= 11 is 0. The fraction of sp³-hybridized carbons (Fsp3) is 1.00. The van der Waals surface area contributed by atoms with Crippen LogP contribution in [0.15, 0.2) is 0 Å². The van der Waals surface area contributed by atoms with Crippen LogP contribution in [0.25, 0.3) is 0 Å². The van der Waals surface area contributed by atoms with Crippen LogP contribution in [0.4, 0.5) is 0 Å². The average Bonchev–Trinajstić information content (AvgIpc) is 2.43. The molecule has 0 radical (unpaired) electrons. The minimum Gasteiger partial charge on any atom is -0.387 e. The van der Waals surface area contributed by atoms with Gasteiger partial charge in [-0.1, -0.05) is 19.8 Å². The number of nitrogens with two attached hydrogens (primary N) is 1. The quantitative estimate of drug-likeness (QED) is 0.675. The molecule has 0 bridgehead atoms. The minimum atomic E-state index is -0.621. The largest absolute Gasteiger partial charge is 0.387 e. The maximum Gasteiger partial charge on any atom is 0.0935 e. The number of aliphatic hydroxyl groups is 1. The first-order valence-electron chi connectivity index (χ1n) is 5.25. The Hall–Kier alpha value is -0.120. The van der Waals surface area contributed by atoms with Gasteiger partial charge in [-0.25, -0.2) is 0 Å². The van der Waals surface area contributed by atoms with E-state index in [2.05, 4.69) is 11.8 Å². The maximum absolute atomic E-state index is 10.2. The highest BCUT2D eigenvalue weighted by Gasteiger charge is 2.39. The number of β-amino-alcohol motifs (C(OH)–C–C–N with tert-alkyl or cyclic N) is 1. The molecule has 2 unspecified atom stereocenters. The minimum absolute atomic E-state index is 0.0441. The van der Waals surface area contributed by atoms with Crippen LogP contribution in [-0.4, -0.2) is 41.8 Å². The molecule has 0 aromatic carbocycles. The van der Waals surface area contributed by atoms with Crippen LogP contribution in [0.2, 0.25) is 0 Å². The number of likely N-dealkylation sites (N-methyl/N-ethyl adjacent to an activating group) is 1. The first kappa shape index (κ1) is 11.0. The van der Waals surface area contributed by atoms with Gasteiger partial charge < -0.3 is 15.7 Å². The van der Waals surface area contributed by atoms with Gasteiger partial charge in [-0.2, -0.15) is 0 Å². The van der Waals surface area contributed by atoms with Crippen molar-refractivity contribution in [3.8, 4) is 0 Å². The van der Waals surface area contributed by atoms with Crippen LogP contribution in [0.1, 0.15) is 32.6 Å². The molecule has 3 nitrogen and oxygen atoms in total. The number of rotatable bonds is 4. The van der Waals surface area contributed by atoms with Gasteiger partial charge in [0.15, 0.2) is 0 Å². The lowest BCUT2D eigenvalue weighted by Gasteiger charge is -2.29. The first-order valence-corrected chi connectivity index (χ1v) is 5.25. The third-order valence-corrected chi connectivity index (χ3v) is 3.03. The zero-order chi connectivity index (χ0) is 9.90. The Kier molecular flexibility index (Phi) is 3.71. The summed E-state index contributed by atoms with van der Waals surface area (Å²) in [5.41, 5.74) is 5.36. The second-order valence-electron chi connectivity index (χ2n) is 4.34. The van der Waals surface area contributed by atoms with Crippen LogP contribution < -0.4 is 5.73 Å². The van der Waals surface area contributed by atoms with Gasteiger partial charge in [0.05, 0.1) is 5.60 Å². The van der Waals surface area contributed by atoms with Gasteiger partial charge in [-0.3, -0.25) is 0 Å². The predicted molar refractivity (Wildman–Crippen MR) is 54.6 cm³/mol. The Balaban J connectivity index is 2.40. The third-order valence-electron chi connectivity index (χ3n) is 3.03. The van der Waals surface area contributed by atoms with Crippen LogP contribution in [0.5, 0.6) is 0 Å². The number of unbranched alkanes of at least 4 members (excludes halogenated alkanes) is 1. The summed E-state index contributed by atoms with van der Waals surface area (Å²) in [7, 11) is 2.03. The van der Waals surface area contributed by atoms with Gasteiger partial charge >= 0.3 is 0 Å². The van der Waals surface area contributed by atoms with Gasteiger partial charge in [0.1, 0.15) is 0 Å². The Morgan fingerprint density at radius 2 is 2.31 bits per heavy atom. The van der Waals surface area contributed by atoms with E-state index < -0.39 is 5.60 Å². The lowest BCUT2D eigenvalue weighted by Crippen LogP contribution is -2.49. The van der Waals surface area contributed by atoms with Crippen LogP contribution in [0, 0.1) is 0 Å². The van der Waals surface area contributed by atoms with E-state index in [-0.39, 0.29) is 6.04 Å².